The number of pyridine rings is 1. The number of anilines is 1. The average molecular weight is 355 g/mol. The van der Waals surface area contributed by atoms with Crippen LogP contribution in [-0.2, 0) is 19.9 Å². The number of sulfone groups is 1. The van der Waals surface area contributed by atoms with E-state index in [0.717, 1.165) is 10.5 Å². The standard InChI is InChI=1S/C10H15ClN4O4S2/c1-15(7-2-3-20(16,17)6-7)21(18,19)8-4-9(11)10(14-12)13-5-8/h4-5,7H,2-3,6,12H2,1H3,(H,13,14). The molecule has 0 bridgehead atoms. The Morgan fingerprint density at radius 1 is 1.52 bits per heavy atom. The number of nitrogen functional groups attached to an aromatic ring is 1. The van der Waals surface area contributed by atoms with Crippen molar-refractivity contribution < 1.29 is 16.8 Å². The second kappa shape index (κ2) is 5.69. The van der Waals surface area contributed by atoms with E-state index < -0.39 is 25.9 Å². The van der Waals surface area contributed by atoms with Crippen molar-refractivity contribution in [1.82, 2.24) is 9.29 Å². The van der Waals surface area contributed by atoms with Crippen molar-refractivity contribution in [3.05, 3.63) is 17.3 Å². The minimum Gasteiger partial charge on any atom is -0.307 e. The SMILES string of the molecule is CN(C1CCS(=O)(=O)C1)S(=O)(=O)c1cnc(NN)c(Cl)c1. The summed E-state index contributed by atoms with van der Waals surface area (Å²) in [6.45, 7) is 0. The van der Waals surface area contributed by atoms with Gasteiger partial charge in [0.15, 0.2) is 15.7 Å². The number of hydrogen-bond acceptors (Lipinski definition) is 7. The molecule has 1 saturated heterocycles. The predicted molar refractivity (Wildman–Crippen MR) is 79.1 cm³/mol. The molecule has 0 radical (unpaired) electrons. The molecule has 3 N–H and O–H groups in total. The molecule has 0 amide bonds. The van der Waals surface area contributed by atoms with Gasteiger partial charge in [-0.3, -0.25) is 0 Å². The Kier molecular flexibility index (Phi) is 4.45. The first kappa shape index (κ1) is 16.4. The molecule has 1 fully saturated rings. The molecule has 1 unspecified atom stereocenters. The van der Waals surface area contributed by atoms with Gasteiger partial charge in [-0.15, -0.1) is 0 Å². The molecular formula is C10H15ClN4O4S2. The molecule has 2 rings (SSSR count). The summed E-state index contributed by atoms with van der Waals surface area (Å²) in [6.07, 6.45) is 1.40. The first-order chi connectivity index (χ1) is 9.67. The van der Waals surface area contributed by atoms with Gasteiger partial charge in [0.25, 0.3) is 0 Å². The van der Waals surface area contributed by atoms with Crippen LogP contribution in [0.4, 0.5) is 5.82 Å². The second-order valence-electron chi connectivity index (χ2n) is 4.72. The lowest BCUT2D eigenvalue weighted by atomic mass is 10.3. The summed E-state index contributed by atoms with van der Waals surface area (Å²) in [6, 6.07) is 0.644. The van der Waals surface area contributed by atoms with Crippen molar-refractivity contribution in [1.29, 1.82) is 0 Å². The maximum atomic E-state index is 12.5. The van der Waals surface area contributed by atoms with Crippen molar-refractivity contribution in [2.45, 2.75) is 17.4 Å². The van der Waals surface area contributed by atoms with Crippen LogP contribution in [0.2, 0.25) is 5.02 Å². The van der Waals surface area contributed by atoms with E-state index in [0.29, 0.717) is 0 Å². The molecular weight excluding hydrogens is 340 g/mol. The summed E-state index contributed by atoms with van der Waals surface area (Å²) in [5.41, 5.74) is 2.24. The van der Waals surface area contributed by atoms with Crippen molar-refractivity contribution in [2.24, 2.45) is 5.84 Å². The molecule has 1 atom stereocenters. The third-order valence-electron chi connectivity index (χ3n) is 3.35. The van der Waals surface area contributed by atoms with Crippen molar-refractivity contribution in [2.75, 3.05) is 24.0 Å². The van der Waals surface area contributed by atoms with Gasteiger partial charge < -0.3 is 5.43 Å². The number of hydrazine groups is 1. The molecule has 1 aliphatic rings. The molecule has 118 valence electrons. The predicted octanol–water partition coefficient (Wildman–Crippen LogP) is -0.172. The Labute approximate surface area is 128 Å². The van der Waals surface area contributed by atoms with Crippen LogP contribution in [-0.4, -0.2) is 50.7 Å². The van der Waals surface area contributed by atoms with E-state index in [4.69, 9.17) is 17.4 Å². The smallest absolute Gasteiger partial charge is 0.244 e. The molecule has 21 heavy (non-hydrogen) atoms. The largest absolute Gasteiger partial charge is 0.307 e. The van der Waals surface area contributed by atoms with Gasteiger partial charge in [-0.25, -0.2) is 27.7 Å². The van der Waals surface area contributed by atoms with Crippen LogP contribution in [0.25, 0.3) is 0 Å². The maximum Gasteiger partial charge on any atom is 0.244 e. The summed E-state index contributed by atoms with van der Waals surface area (Å²) in [5.74, 6) is 5.15. The van der Waals surface area contributed by atoms with Gasteiger partial charge in [-0.1, -0.05) is 11.6 Å². The lowest BCUT2D eigenvalue weighted by Gasteiger charge is -2.22. The molecule has 0 spiro atoms. The zero-order valence-electron chi connectivity index (χ0n) is 11.2. The van der Waals surface area contributed by atoms with Gasteiger partial charge in [-0.05, 0) is 12.5 Å². The van der Waals surface area contributed by atoms with Crippen LogP contribution in [0.15, 0.2) is 17.2 Å². The molecule has 0 saturated carbocycles. The van der Waals surface area contributed by atoms with Gasteiger partial charge in [0.1, 0.15) is 4.90 Å². The Balaban J connectivity index is 2.31. The van der Waals surface area contributed by atoms with Crippen molar-refractivity contribution in [3.8, 4) is 0 Å². The number of nitrogens with two attached hydrogens (primary N) is 1. The lowest BCUT2D eigenvalue weighted by molar-refractivity contribution is 0.394. The van der Waals surface area contributed by atoms with E-state index in [2.05, 4.69) is 10.4 Å². The molecule has 8 nitrogen and oxygen atoms in total. The monoisotopic (exact) mass is 354 g/mol. The van der Waals surface area contributed by atoms with Gasteiger partial charge in [0.2, 0.25) is 10.0 Å². The Morgan fingerprint density at radius 2 is 2.19 bits per heavy atom. The Bertz CT molecular complexity index is 750. The Morgan fingerprint density at radius 3 is 2.67 bits per heavy atom. The van der Waals surface area contributed by atoms with E-state index in [1.165, 1.54) is 13.1 Å². The lowest BCUT2D eigenvalue weighted by Crippen LogP contribution is -2.37. The molecule has 1 aliphatic heterocycles. The second-order valence-corrected chi connectivity index (χ2v) is 9.36. The summed E-state index contributed by atoms with van der Waals surface area (Å²) >= 11 is 5.86. The highest BCUT2D eigenvalue weighted by Gasteiger charge is 2.36. The first-order valence-electron chi connectivity index (χ1n) is 5.98. The summed E-state index contributed by atoms with van der Waals surface area (Å²) in [7, 11) is -5.69. The van der Waals surface area contributed by atoms with E-state index in [-0.39, 0.29) is 33.7 Å². The van der Waals surface area contributed by atoms with Crippen LogP contribution in [0.5, 0.6) is 0 Å². The summed E-state index contributed by atoms with van der Waals surface area (Å²) in [4.78, 5) is 3.70. The molecule has 0 aliphatic carbocycles. The van der Waals surface area contributed by atoms with Gasteiger partial charge in [0.05, 0.1) is 16.5 Å². The number of sulfonamides is 1. The fraction of sp³-hybridized carbons (Fsp3) is 0.500. The zero-order valence-corrected chi connectivity index (χ0v) is 13.5. The minimum absolute atomic E-state index is 0.00738. The fourth-order valence-electron chi connectivity index (χ4n) is 2.09. The van der Waals surface area contributed by atoms with E-state index in [9.17, 15) is 16.8 Å². The van der Waals surface area contributed by atoms with Gasteiger partial charge in [-0.2, -0.15) is 4.31 Å². The fourth-order valence-corrected chi connectivity index (χ4v) is 5.60. The van der Waals surface area contributed by atoms with Crippen LogP contribution < -0.4 is 11.3 Å². The highest BCUT2D eigenvalue weighted by atomic mass is 35.5. The summed E-state index contributed by atoms with van der Waals surface area (Å²) in [5, 5.41) is 0.0611. The maximum absolute atomic E-state index is 12.5. The molecule has 0 aromatic carbocycles. The average Bonchev–Trinajstić information content (AvgIpc) is 2.77. The van der Waals surface area contributed by atoms with Gasteiger partial charge in [0, 0.05) is 19.3 Å². The number of rotatable bonds is 4. The molecule has 2 heterocycles. The number of halogens is 1. The number of aromatic nitrogens is 1. The quantitative estimate of drug-likeness (QED) is 0.568. The van der Waals surface area contributed by atoms with E-state index in [1.54, 1.807) is 0 Å². The highest BCUT2D eigenvalue weighted by molar-refractivity contribution is 7.92. The molecule has 11 heteroatoms. The van der Waals surface area contributed by atoms with E-state index >= 15 is 0 Å². The number of nitrogens with one attached hydrogen (secondary N) is 1. The zero-order chi connectivity index (χ0) is 15.8. The first-order valence-corrected chi connectivity index (χ1v) is 9.62. The normalized spacial score (nSPS) is 21.6. The molecule has 1 aromatic rings. The minimum atomic E-state index is -3.87. The molecule has 1 aromatic heterocycles. The number of hydrogen-bond donors (Lipinski definition) is 2. The van der Waals surface area contributed by atoms with Gasteiger partial charge >= 0.3 is 0 Å². The third kappa shape index (κ3) is 3.29. The van der Waals surface area contributed by atoms with Crippen LogP contribution >= 0.6 is 11.6 Å². The van der Waals surface area contributed by atoms with Crippen LogP contribution in [0.1, 0.15) is 6.42 Å². The van der Waals surface area contributed by atoms with Crippen LogP contribution in [0, 0.1) is 0 Å². The number of nitrogens with zero attached hydrogens (tertiary/aromatic N) is 2. The van der Waals surface area contributed by atoms with Crippen LogP contribution in [0.3, 0.4) is 0 Å². The van der Waals surface area contributed by atoms with Crippen molar-refractivity contribution >= 4 is 37.3 Å². The highest BCUT2D eigenvalue weighted by Crippen LogP contribution is 2.26. The third-order valence-corrected chi connectivity index (χ3v) is 7.27. The topological polar surface area (TPSA) is 122 Å². The Hall–Kier alpha value is -0.940. The van der Waals surface area contributed by atoms with Crippen molar-refractivity contribution in [3.63, 3.8) is 0 Å². The van der Waals surface area contributed by atoms with E-state index in [1.807, 2.05) is 0 Å². The summed E-state index contributed by atoms with van der Waals surface area (Å²) < 4.78 is 48.9.